The molecule has 2 N–H and O–H groups in total. The Hall–Kier alpha value is -0.600. The summed E-state index contributed by atoms with van der Waals surface area (Å²) in [6, 6.07) is 0. The van der Waals surface area contributed by atoms with Crippen molar-refractivity contribution in [2.45, 2.75) is 38.9 Å². The molecule has 0 saturated carbocycles. The molecule has 0 spiro atoms. The molecule has 0 fully saturated rings. The zero-order valence-electron chi connectivity index (χ0n) is 7.88. The van der Waals surface area contributed by atoms with Crippen LogP contribution in [0.4, 0.5) is 0 Å². The lowest BCUT2D eigenvalue weighted by atomic mass is 10.0. The molecule has 0 heterocycles. The predicted molar refractivity (Wildman–Crippen MR) is 50.9 cm³/mol. The first-order valence-corrected chi connectivity index (χ1v) is 4.12. The van der Waals surface area contributed by atoms with Gasteiger partial charge in [-0.2, -0.15) is 0 Å². The molecular weight excluding hydrogens is 152 g/mol. The first-order chi connectivity index (χ1) is 5.45. The number of aliphatic hydroxyl groups is 2. The van der Waals surface area contributed by atoms with E-state index in [1.807, 2.05) is 0 Å². The van der Waals surface area contributed by atoms with Gasteiger partial charge in [0.1, 0.15) is 0 Å². The quantitative estimate of drug-likeness (QED) is 0.616. The van der Waals surface area contributed by atoms with Gasteiger partial charge in [-0.15, -0.1) is 0 Å². The van der Waals surface area contributed by atoms with Gasteiger partial charge in [-0.1, -0.05) is 24.3 Å². The summed E-state index contributed by atoms with van der Waals surface area (Å²) in [4.78, 5) is 0. The average Bonchev–Trinajstić information content (AvgIpc) is 1.98. The molecule has 0 saturated heterocycles. The molecule has 2 atom stereocenters. The highest BCUT2D eigenvalue weighted by Crippen LogP contribution is 2.11. The molecule has 0 aliphatic rings. The number of aliphatic hydroxyl groups excluding tert-OH is 2. The third-order valence-corrected chi connectivity index (χ3v) is 1.85. The molecule has 0 aromatic rings. The molecule has 2 nitrogen and oxygen atoms in total. The van der Waals surface area contributed by atoms with Gasteiger partial charge in [-0.25, -0.2) is 0 Å². The largest absolute Gasteiger partial charge is 0.389 e. The maximum Gasteiger partial charge on any atom is 0.0745 e. The summed E-state index contributed by atoms with van der Waals surface area (Å²) in [5.74, 6) is 0. The maximum atomic E-state index is 9.32. The summed E-state index contributed by atoms with van der Waals surface area (Å²) in [5.41, 5.74) is 1.48. The lowest BCUT2D eigenvalue weighted by Crippen LogP contribution is -2.14. The summed E-state index contributed by atoms with van der Waals surface area (Å²) >= 11 is 0. The van der Waals surface area contributed by atoms with Gasteiger partial charge in [0, 0.05) is 0 Å². The molecule has 0 aromatic heterocycles. The van der Waals surface area contributed by atoms with E-state index in [2.05, 4.69) is 13.2 Å². The number of hydrogen-bond acceptors (Lipinski definition) is 2. The Morgan fingerprint density at radius 1 is 1.00 bits per heavy atom. The van der Waals surface area contributed by atoms with Crippen LogP contribution in [0.15, 0.2) is 24.3 Å². The van der Waals surface area contributed by atoms with Gasteiger partial charge in [0.05, 0.1) is 12.2 Å². The Labute approximate surface area is 74.2 Å². The van der Waals surface area contributed by atoms with Crippen LogP contribution >= 0.6 is 0 Å². The van der Waals surface area contributed by atoms with Gasteiger partial charge in [0.2, 0.25) is 0 Å². The van der Waals surface area contributed by atoms with Gasteiger partial charge < -0.3 is 10.2 Å². The van der Waals surface area contributed by atoms with E-state index in [1.165, 1.54) is 0 Å². The van der Waals surface area contributed by atoms with Crippen LogP contribution in [0.25, 0.3) is 0 Å². The SMILES string of the molecule is C=C(C)[C@H](O)CC[C@@H](O)C(=C)C. The van der Waals surface area contributed by atoms with Gasteiger partial charge in [-0.3, -0.25) is 0 Å². The Bertz CT molecular complexity index is 153. The Balaban J connectivity index is 3.68. The average molecular weight is 170 g/mol. The molecular formula is C10H18O2. The first kappa shape index (κ1) is 11.4. The molecule has 70 valence electrons. The van der Waals surface area contributed by atoms with E-state index >= 15 is 0 Å². The van der Waals surface area contributed by atoms with Crippen molar-refractivity contribution in [3.63, 3.8) is 0 Å². The highest BCUT2D eigenvalue weighted by atomic mass is 16.3. The summed E-state index contributed by atoms with van der Waals surface area (Å²) in [6.07, 6.45) is 0.0881. The van der Waals surface area contributed by atoms with Crippen molar-refractivity contribution in [3.8, 4) is 0 Å². The van der Waals surface area contributed by atoms with Gasteiger partial charge in [-0.05, 0) is 26.7 Å². The fourth-order valence-electron chi connectivity index (χ4n) is 0.809. The van der Waals surface area contributed by atoms with E-state index < -0.39 is 12.2 Å². The third kappa shape index (κ3) is 4.31. The van der Waals surface area contributed by atoms with E-state index in [-0.39, 0.29) is 0 Å². The van der Waals surface area contributed by atoms with E-state index in [1.54, 1.807) is 13.8 Å². The van der Waals surface area contributed by atoms with Crippen molar-refractivity contribution in [2.75, 3.05) is 0 Å². The fraction of sp³-hybridized carbons (Fsp3) is 0.600. The molecule has 12 heavy (non-hydrogen) atoms. The molecule has 0 aliphatic heterocycles. The summed E-state index contributed by atoms with van der Waals surface area (Å²) in [7, 11) is 0. The second kappa shape index (κ2) is 5.12. The molecule has 0 rings (SSSR count). The topological polar surface area (TPSA) is 40.5 Å². The minimum atomic E-state index is -0.501. The Kier molecular flexibility index (Phi) is 4.86. The monoisotopic (exact) mass is 170 g/mol. The van der Waals surface area contributed by atoms with Gasteiger partial charge in [0.25, 0.3) is 0 Å². The molecule has 0 aromatic carbocycles. The van der Waals surface area contributed by atoms with Crippen LogP contribution in [0.5, 0.6) is 0 Å². The molecule has 0 radical (unpaired) electrons. The minimum absolute atomic E-state index is 0.501. The van der Waals surface area contributed by atoms with Crippen molar-refractivity contribution in [1.82, 2.24) is 0 Å². The lowest BCUT2D eigenvalue weighted by molar-refractivity contribution is 0.150. The van der Waals surface area contributed by atoms with E-state index in [4.69, 9.17) is 0 Å². The van der Waals surface area contributed by atoms with Gasteiger partial charge >= 0.3 is 0 Å². The highest BCUT2D eigenvalue weighted by Gasteiger charge is 2.09. The van der Waals surface area contributed by atoms with E-state index in [0.29, 0.717) is 12.8 Å². The smallest absolute Gasteiger partial charge is 0.0745 e. The Morgan fingerprint density at radius 2 is 1.25 bits per heavy atom. The summed E-state index contributed by atoms with van der Waals surface area (Å²) < 4.78 is 0. The normalized spacial score (nSPS) is 15.3. The molecule has 0 unspecified atom stereocenters. The van der Waals surface area contributed by atoms with Crippen LogP contribution in [0, 0.1) is 0 Å². The molecule has 0 aliphatic carbocycles. The van der Waals surface area contributed by atoms with Gasteiger partial charge in [0.15, 0.2) is 0 Å². The molecule has 0 bridgehead atoms. The van der Waals surface area contributed by atoms with Crippen LogP contribution in [0.2, 0.25) is 0 Å². The van der Waals surface area contributed by atoms with Crippen molar-refractivity contribution in [2.24, 2.45) is 0 Å². The van der Waals surface area contributed by atoms with Crippen molar-refractivity contribution >= 4 is 0 Å². The predicted octanol–water partition coefficient (Wildman–Crippen LogP) is 1.64. The maximum absolute atomic E-state index is 9.32. The van der Waals surface area contributed by atoms with Crippen molar-refractivity contribution in [1.29, 1.82) is 0 Å². The standard InChI is InChI=1S/C10H18O2/c1-7(2)9(11)5-6-10(12)8(3)4/h9-12H,1,3,5-6H2,2,4H3/t9-,10-/m1/s1. The Morgan fingerprint density at radius 3 is 1.42 bits per heavy atom. The van der Waals surface area contributed by atoms with Crippen LogP contribution < -0.4 is 0 Å². The van der Waals surface area contributed by atoms with Crippen LogP contribution in [0.3, 0.4) is 0 Å². The second-order valence-electron chi connectivity index (χ2n) is 3.30. The summed E-state index contributed by atoms with van der Waals surface area (Å²) in [5, 5.41) is 18.6. The van der Waals surface area contributed by atoms with Crippen molar-refractivity contribution in [3.05, 3.63) is 24.3 Å². The zero-order valence-corrected chi connectivity index (χ0v) is 7.88. The van der Waals surface area contributed by atoms with Crippen LogP contribution in [0.1, 0.15) is 26.7 Å². The van der Waals surface area contributed by atoms with Crippen LogP contribution in [-0.2, 0) is 0 Å². The lowest BCUT2D eigenvalue weighted by Gasteiger charge is -2.13. The fourth-order valence-corrected chi connectivity index (χ4v) is 0.809. The summed E-state index contributed by atoms with van der Waals surface area (Å²) in [6.45, 7) is 10.8. The number of hydrogen-bond donors (Lipinski definition) is 2. The molecule has 0 amide bonds. The van der Waals surface area contributed by atoms with E-state index in [9.17, 15) is 10.2 Å². The minimum Gasteiger partial charge on any atom is -0.389 e. The zero-order chi connectivity index (χ0) is 9.72. The number of rotatable bonds is 5. The highest BCUT2D eigenvalue weighted by molar-refractivity contribution is 5.00. The molecule has 2 heteroatoms. The third-order valence-electron chi connectivity index (χ3n) is 1.85. The first-order valence-electron chi connectivity index (χ1n) is 4.12. The van der Waals surface area contributed by atoms with Crippen molar-refractivity contribution < 1.29 is 10.2 Å². The van der Waals surface area contributed by atoms with E-state index in [0.717, 1.165) is 11.1 Å². The second-order valence-corrected chi connectivity index (χ2v) is 3.30. The van der Waals surface area contributed by atoms with Crippen LogP contribution in [-0.4, -0.2) is 22.4 Å².